The lowest BCUT2D eigenvalue weighted by Gasteiger charge is -2.17. The van der Waals surface area contributed by atoms with E-state index in [2.05, 4.69) is 6.92 Å². The number of carbonyl (C=O) groups is 1. The van der Waals surface area contributed by atoms with Gasteiger partial charge in [-0.2, -0.15) is 0 Å². The zero-order valence-corrected chi connectivity index (χ0v) is 22.1. The van der Waals surface area contributed by atoms with Crippen LogP contribution in [0.1, 0.15) is 128 Å². The van der Waals surface area contributed by atoms with Gasteiger partial charge in [0.2, 0.25) is 5.91 Å². The fraction of sp³-hybridized carbons (Fsp3) is 0.759. The van der Waals surface area contributed by atoms with Gasteiger partial charge < -0.3 is 20.9 Å². The highest BCUT2D eigenvalue weighted by Gasteiger charge is 2.19. The molecule has 1 aromatic carbocycles. The van der Waals surface area contributed by atoms with E-state index in [0.717, 1.165) is 24.8 Å². The number of unbranched alkanes of at least 4 members (excludes halogenated alkanes) is 15. The van der Waals surface area contributed by atoms with Crippen LogP contribution in [0.3, 0.4) is 0 Å². The van der Waals surface area contributed by atoms with Gasteiger partial charge in [0.05, 0.1) is 13.0 Å². The summed E-state index contributed by atoms with van der Waals surface area (Å²) in [5.41, 5.74) is 12.1. The van der Waals surface area contributed by atoms with Crippen LogP contribution in [0.5, 0.6) is 11.5 Å². The first-order chi connectivity index (χ1) is 16.6. The third-order valence-corrected chi connectivity index (χ3v) is 6.66. The van der Waals surface area contributed by atoms with Gasteiger partial charge in [-0.3, -0.25) is 4.79 Å². The van der Waals surface area contributed by atoms with Crippen LogP contribution in [0.2, 0.25) is 0 Å². The number of carbonyl (C=O) groups excluding carboxylic acids is 1. The number of primary amides is 1. The quantitative estimate of drug-likeness (QED) is 0.163. The third-order valence-electron chi connectivity index (χ3n) is 6.66. The molecule has 0 heterocycles. The normalized spacial score (nSPS) is 12.0. The Morgan fingerprint density at radius 3 is 1.74 bits per heavy atom. The van der Waals surface area contributed by atoms with Gasteiger partial charge in [-0.1, -0.05) is 116 Å². The van der Waals surface area contributed by atoms with Crippen LogP contribution in [-0.2, 0) is 4.79 Å². The van der Waals surface area contributed by atoms with Gasteiger partial charge in [0.1, 0.15) is 6.61 Å². The zero-order chi connectivity index (χ0) is 24.9. The summed E-state index contributed by atoms with van der Waals surface area (Å²) in [5, 5.41) is 0. The molecule has 0 aliphatic carbocycles. The Labute approximate surface area is 209 Å². The van der Waals surface area contributed by atoms with Gasteiger partial charge in [0, 0.05) is 6.54 Å². The predicted octanol–water partition coefficient (Wildman–Crippen LogP) is 7.25. The number of benzene rings is 1. The maximum Gasteiger partial charge on any atom is 0.224 e. The van der Waals surface area contributed by atoms with E-state index >= 15 is 0 Å². The first kappa shape index (κ1) is 30.3. The molecular formula is C29H52N2O3. The van der Waals surface area contributed by atoms with Crippen molar-refractivity contribution < 1.29 is 14.3 Å². The molecule has 196 valence electrons. The summed E-state index contributed by atoms with van der Waals surface area (Å²) in [4.78, 5) is 12.1. The highest BCUT2D eigenvalue weighted by molar-refractivity contribution is 5.82. The molecule has 0 spiro atoms. The minimum Gasteiger partial charge on any atom is -0.493 e. The number of amides is 1. The second-order valence-electron chi connectivity index (χ2n) is 9.59. The van der Waals surface area contributed by atoms with E-state index in [-0.39, 0.29) is 11.8 Å². The molecule has 1 amide bonds. The van der Waals surface area contributed by atoms with E-state index in [1.165, 1.54) is 89.9 Å². The van der Waals surface area contributed by atoms with Crippen LogP contribution < -0.4 is 20.9 Å². The van der Waals surface area contributed by atoms with Crippen molar-refractivity contribution in [2.45, 2.75) is 122 Å². The van der Waals surface area contributed by atoms with E-state index < -0.39 is 0 Å². The molecule has 1 aromatic rings. The molecule has 1 rings (SSSR count). The number of rotatable bonds is 23. The summed E-state index contributed by atoms with van der Waals surface area (Å²) in [6.07, 6.45) is 22.2. The Morgan fingerprint density at radius 1 is 0.794 bits per heavy atom. The molecule has 0 aliphatic rings. The second kappa shape index (κ2) is 20.6. The van der Waals surface area contributed by atoms with Crippen molar-refractivity contribution in [2.24, 2.45) is 11.5 Å². The Bertz CT molecular complexity index is 636. The van der Waals surface area contributed by atoms with E-state index in [0.29, 0.717) is 24.7 Å². The van der Waals surface area contributed by atoms with Crippen LogP contribution >= 0.6 is 0 Å². The summed E-state index contributed by atoms with van der Waals surface area (Å²) >= 11 is 0. The molecule has 5 nitrogen and oxygen atoms in total. The van der Waals surface area contributed by atoms with Crippen LogP contribution in [0, 0.1) is 0 Å². The molecule has 0 aliphatic heterocycles. The van der Waals surface area contributed by atoms with Crippen LogP contribution in [0.25, 0.3) is 0 Å². The Kier molecular flexibility index (Phi) is 18.4. The summed E-state index contributed by atoms with van der Waals surface area (Å²) < 4.78 is 11.0. The number of hydrogen-bond donors (Lipinski definition) is 2. The Balaban J connectivity index is 2.14. The van der Waals surface area contributed by atoms with Gasteiger partial charge in [-0.25, -0.2) is 0 Å². The molecule has 0 aromatic heterocycles. The fourth-order valence-electron chi connectivity index (χ4n) is 4.56. The largest absolute Gasteiger partial charge is 0.493 e. The molecule has 5 heteroatoms. The summed E-state index contributed by atoms with van der Waals surface area (Å²) in [6.45, 7) is 3.14. The molecular weight excluding hydrogens is 424 g/mol. The number of ether oxygens (including phenoxy) is 2. The van der Waals surface area contributed by atoms with Crippen molar-refractivity contribution in [3.05, 3.63) is 23.8 Å². The lowest BCUT2D eigenvalue weighted by atomic mass is 9.92. The number of nitrogens with two attached hydrogens (primary N) is 2. The Morgan fingerprint density at radius 2 is 1.29 bits per heavy atom. The van der Waals surface area contributed by atoms with Crippen LogP contribution in [-0.4, -0.2) is 26.2 Å². The topological polar surface area (TPSA) is 87.6 Å². The molecule has 1 unspecified atom stereocenters. The smallest absolute Gasteiger partial charge is 0.224 e. The van der Waals surface area contributed by atoms with Crippen molar-refractivity contribution in [1.82, 2.24) is 0 Å². The van der Waals surface area contributed by atoms with Crippen molar-refractivity contribution in [3.8, 4) is 11.5 Å². The highest BCUT2D eigenvalue weighted by atomic mass is 16.5. The molecule has 0 radical (unpaired) electrons. The molecule has 0 bridgehead atoms. The van der Waals surface area contributed by atoms with E-state index in [9.17, 15) is 4.79 Å². The number of methoxy groups -OCH3 is 1. The van der Waals surface area contributed by atoms with Crippen molar-refractivity contribution in [1.29, 1.82) is 0 Å². The standard InChI is InChI=1S/C29H52N2O3/c1-3-4-5-6-7-8-9-10-11-12-13-14-15-16-17-18-19-26(29(31)32)25-20-21-27(34-23-22-30)28(24-25)33-2/h20-21,24,26H,3-19,22-23,30H2,1-2H3,(H2,31,32). The molecule has 34 heavy (non-hydrogen) atoms. The molecule has 0 fully saturated rings. The van der Waals surface area contributed by atoms with E-state index in [1.807, 2.05) is 18.2 Å². The SMILES string of the molecule is CCCCCCCCCCCCCCCCCCC(C(N)=O)c1ccc(OCCN)c(OC)c1. The lowest BCUT2D eigenvalue weighted by molar-refractivity contribution is -0.119. The monoisotopic (exact) mass is 476 g/mol. The Hall–Kier alpha value is -1.75. The summed E-state index contributed by atoms with van der Waals surface area (Å²) in [5.74, 6) is 0.689. The molecule has 0 saturated carbocycles. The highest BCUT2D eigenvalue weighted by Crippen LogP contribution is 2.33. The van der Waals surface area contributed by atoms with Crippen LogP contribution in [0.4, 0.5) is 0 Å². The maximum atomic E-state index is 12.1. The van der Waals surface area contributed by atoms with Gasteiger partial charge in [0.25, 0.3) is 0 Å². The average Bonchev–Trinajstić information content (AvgIpc) is 2.84. The first-order valence-electron chi connectivity index (χ1n) is 13.9. The van der Waals surface area contributed by atoms with Crippen molar-refractivity contribution in [2.75, 3.05) is 20.3 Å². The van der Waals surface area contributed by atoms with E-state index in [4.69, 9.17) is 20.9 Å². The lowest BCUT2D eigenvalue weighted by Crippen LogP contribution is -2.21. The summed E-state index contributed by atoms with van der Waals surface area (Å²) in [7, 11) is 1.60. The van der Waals surface area contributed by atoms with Gasteiger partial charge in [0.15, 0.2) is 11.5 Å². The fourth-order valence-corrected chi connectivity index (χ4v) is 4.56. The average molecular weight is 477 g/mol. The predicted molar refractivity (Wildman–Crippen MR) is 144 cm³/mol. The molecule has 1 atom stereocenters. The summed E-state index contributed by atoms with van der Waals surface area (Å²) in [6, 6.07) is 5.62. The van der Waals surface area contributed by atoms with E-state index in [1.54, 1.807) is 7.11 Å². The first-order valence-corrected chi connectivity index (χ1v) is 13.9. The maximum absolute atomic E-state index is 12.1. The minimum atomic E-state index is -0.288. The van der Waals surface area contributed by atoms with Gasteiger partial charge in [-0.15, -0.1) is 0 Å². The van der Waals surface area contributed by atoms with Crippen molar-refractivity contribution >= 4 is 5.91 Å². The van der Waals surface area contributed by atoms with Crippen molar-refractivity contribution in [3.63, 3.8) is 0 Å². The minimum absolute atomic E-state index is 0.279. The zero-order valence-electron chi connectivity index (χ0n) is 22.1. The van der Waals surface area contributed by atoms with Crippen LogP contribution in [0.15, 0.2) is 18.2 Å². The number of hydrogen-bond acceptors (Lipinski definition) is 4. The molecule has 0 saturated heterocycles. The van der Waals surface area contributed by atoms with Gasteiger partial charge >= 0.3 is 0 Å². The second-order valence-corrected chi connectivity index (χ2v) is 9.59. The molecule has 4 N–H and O–H groups in total. The third kappa shape index (κ3) is 13.8. The van der Waals surface area contributed by atoms with Gasteiger partial charge in [-0.05, 0) is 24.1 Å².